The maximum absolute atomic E-state index is 13.7. The highest BCUT2D eigenvalue weighted by atomic mass is 16.5. The Labute approximate surface area is 194 Å². The normalized spacial score (nSPS) is 11.4. The molecule has 0 aliphatic heterocycles. The molecule has 0 fully saturated rings. The van der Waals surface area contributed by atoms with E-state index in [4.69, 9.17) is 4.74 Å². The zero-order chi connectivity index (χ0) is 23.0. The van der Waals surface area contributed by atoms with Gasteiger partial charge in [0.25, 0.3) is 5.91 Å². The summed E-state index contributed by atoms with van der Waals surface area (Å²) in [6, 6.07) is 35.6. The quantitative estimate of drug-likeness (QED) is 0.353. The van der Waals surface area contributed by atoms with Crippen molar-refractivity contribution >= 4 is 17.5 Å². The lowest BCUT2D eigenvalue weighted by Crippen LogP contribution is -2.37. The number of carbonyl (C=O) groups excluding carboxylic acids is 2. The summed E-state index contributed by atoms with van der Waals surface area (Å²) in [4.78, 5) is 28.4. The van der Waals surface area contributed by atoms with E-state index < -0.39 is 0 Å². The minimum atomic E-state index is -0.339. The van der Waals surface area contributed by atoms with E-state index in [0.29, 0.717) is 11.3 Å². The van der Waals surface area contributed by atoms with Crippen LogP contribution in [0.4, 0.5) is 5.69 Å². The van der Waals surface area contributed by atoms with E-state index in [9.17, 15) is 9.59 Å². The number of nitrogens with zero attached hydrogens (tertiary/aromatic N) is 1. The van der Waals surface area contributed by atoms with Gasteiger partial charge in [-0.1, -0.05) is 78.9 Å². The molecule has 0 aromatic heterocycles. The van der Waals surface area contributed by atoms with Crippen molar-refractivity contribution in [1.29, 1.82) is 0 Å². The van der Waals surface area contributed by atoms with Gasteiger partial charge in [-0.2, -0.15) is 0 Å². The monoisotopic (exact) mass is 435 g/mol. The van der Waals surface area contributed by atoms with Gasteiger partial charge >= 0.3 is 0 Å². The molecule has 4 aromatic rings. The third-order valence-corrected chi connectivity index (χ3v) is 5.59. The van der Waals surface area contributed by atoms with E-state index in [1.54, 1.807) is 43.5 Å². The lowest BCUT2D eigenvalue weighted by molar-refractivity contribution is -0.118. The summed E-state index contributed by atoms with van der Waals surface area (Å²) in [6.45, 7) is 0. The highest BCUT2D eigenvalue weighted by Crippen LogP contribution is 2.31. The lowest BCUT2D eigenvalue weighted by Gasteiger charge is -2.25. The molecule has 0 heterocycles. The fourth-order valence-corrected chi connectivity index (χ4v) is 3.88. The molecular weight excluding hydrogens is 410 g/mol. The molecule has 0 N–H and O–H groups in total. The van der Waals surface area contributed by atoms with Gasteiger partial charge < -0.3 is 4.74 Å². The molecule has 0 aliphatic rings. The number of hydrogen-bond donors (Lipinski definition) is 0. The lowest BCUT2D eigenvalue weighted by atomic mass is 9.88. The van der Waals surface area contributed by atoms with Gasteiger partial charge in [0.05, 0.1) is 12.8 Å². The number of anilines is 1. The molecule has 0 saturated carbocycles. The fraction of sp³-hybridized carbons (Fsp3) is 0.103. The van der Waals surface area contributed by atoms with Gasteiger partial charge in [0.1, 0.15) is 5.75 Å². The van der Waals surface area contributed by atoms with Crippen molar-refractivity contribution in [3.8, 4) is 5.75 Å². The molecule has 0 aliphatic carbocycles. The van der Waals surface area contributed by atoms with Crippen LogP contribution in [0.1, 0.15) is 33.8 Å². The SMILES string of the molecule is COc1ccc(C(CC(=O)N(C(=O)c2ccccc2)c2ccccc2)c2ccccc2)cc1. The van der Waals surface area contributed by atoms with Crippen LogP contribution >= 0.6 is 0 Å². The van der Waals surface area contributed by atoms with Crippen LogP contribution in [0.15, 0.2) is 115 Å². The van der Waals surface area contributed by atoms with E-state index in [2.05, 4.69) is 0 Å². The van der Waals surface area contributed by atoms with Gasteiger partial charge in [-0.15, -0.1) is 0 Å². The average molecular weight is 436 g/mol. The third-order valence-electron chi connectivity index (χ3n) is 5.59. The van der Waals surface area contributed by atoms with Crippen LogP contribution in [0.25, 0.3) is 0 Å². The number of para-hydroxylation sites is 1. The van der Waals surface area contributed by atoms with Gasteiger partial charge in [-0.05, 0) is 47.5 Å². The Balaban J connectivity index is 1.71. The molecule has 0 bridgehead atoms. The summed E-state index contributed by atoms with van der Waals surface area (Å²) in [7, 11) is 1.63. The highest BCUT2D eigenvalue weighted by molar-refractivity contribution is 6.21. The number of rotatable bonds is 7. The Kier molecular flexibility index (Phi) is 6.96. The second kappa shape index (κ2) is 10.4. The van der Waals surface area contributed by atoms with E-state index in [0.717, 1.165) is 16.9 Å². The van der Waals surface area contributed by atoms with Gasteiger partial charge in [0.2, 0.25) is 5.91 Å². The predicted molar refractivity (Wildman–Crippen MR) is 131 cm³/mol. The van der Waals surface area contributed by atoms with Crippen LogP contribution in [0.5, 0.6) is 5.75 Å². The molecular formula is C29H25NO3. The van der Waals surface area contributed by atoms with Crippen LogP contribution < -0.4 is 9.64 Å². The summed E-state index contributed by atoms with van der Waals surface area (Å²) in [5.41, 5.74) is 3.01. The molecule has 164 valence electrons. The molecule has 33 heavy (non-hydrogen) atoms. The molecule has 4 aromatic carbocycles. The number of hydrogen-bond acceptors (Lipinski definition) is 3. The van der Waals surface area contributed by atoms with Crippen molar-refractivity contribution < 1.29 is 14.3 Å². The summed E-state index contributed by atoms with van der Waals surface area (Å²) in [5, 5.41) is 0. The fourth-order valence-electron chi connectivity index (χ4n) is 3.88. The summed E-state index contributed by atoms with van der Waals surface area (Å²) >= 11 is 0. The van der Waals surface area contributed by atoms with Crippen molar-refractivity contribution in [1.82, 2.24) is 0 Å². The van der Waals surface area contributed by atoms with E-state index in [1.165, 1.54) is 4.90 Å². The number of benzene rings is 4. The smallest absolute Gasteiger partial charge is 0.265 e. The Morgan fingerprint density at radius 2 is 1.21 bits per heavy atom. The maximum Gasteiger partial charge on any atom is 0.265 e. The van der Waals surface area contributed by atoms with Crippen LogP contribution in [-0.2, 0) is 4.79 Å². The molecule has 0 radical (unpaired) electrons. The van der Waals surface area contributed by atoms with Crippen molar-refractivity contribution in [2.45, 2.75) is 12.3 Å². The minimum Gasteiger partial charge on any atom is -0.497 e. The van der Waals surface area contributed by atoms with Crippen molar-refractivity contribution in [3.05, 3.63) is 132 Å². The predicted octanol–water partition coefficient (Wildman–Crippen LogP) is 6.09. The zero-order valence-electron chi connectivity index (χ0n) is 18.4. The zero-order valence-corrected chi connectivity index (χ0v) is 18.4. The number of carbonyl (C=O) groups is 2. The Morgan fingerprint density at radius 1 is 0.697 bits per heavy atom. The topological polar surface area (TPSA) is 46.6 Å². The summed E-state index contributed by atoms with van der Waals surface area (Å²) in [5.74, 6) is -0.0606. The van der Waals surface area contributed by atoms with Gasteiger partial charge in [-0.25, -0.2) is 4.90 Å². The Hall–Kier alpha value is -4.18. The molecule has 2 amide bonds. The molecule has 1 unspecified atom stereocenters. The van der Waals surface area contributed by atoms with E-state index >= 15 is 0 Å². The van der Waals surface area contributed by atoms with E-state index in [-0.39, 0.29) is 24.2 Å². The van der Waals surface area contributed by atoms with Crippen molar-refractivity contribution in [2.75, 3.05) is 12.0 Å². The first-order chi connectivity index (χ1) is 16.2. The number of imide groups is 1. The molecule has 0 spiro atoms. The van der Waals surface area contributed by atoms with Gasteiger partial charge in [0, 0.05) is 17.9 Å². The molecule has 0 saturated heterocycles. The van der Waals surface area contributed by atoms with Gasteiger partial charge in [-0.3, -0.25) is 9.59 Å². The standard InChI is InChI=1S/C29H25NO3/c1-33-26-19-17-23(18-20-26)27(22-11-5-2-6-12-22)21-28(31)30(25-15-9-4-10-16-25)29(32)24-13-7-3-8-14-24/h2-20,27H,21H2,1H3. The first-order valence-electron chi connectivity index (χ1n) is 10.8. The van der Waals surface area contributed by atoms with Crippen LogP contribution in [0, 0.1) is 0 Å². The van der Waals surface area contributed by atoms with Gasteiger partial charge in [0.15, 0.2) is 0 Å². The molecule has 4 nitrogen and oxygen atoms in total. The third kappa shape index (κ3) is 5.18. The second-order valence-corrected chi connectivity index (χ2v) is 7.68. The van der Waals surface area contributed by atoms with Crippen LogP contribution in [-0.4, -0.2) is 18.9 Å². The Morgan fingerprint density at radius 3 is 1.79 bits per heavy atom. The largest absolute Gasteiger partial charge is 0.497 e. The first kappa shape index (κ1) is 22.0. The minimum absolute atomic E-state index is 0.143. The highest BCUT2D eigenvalue weighted by Gasteiger charge is 2.28. The average Bonchev–Trinajstić information content (AvgIpc) is 2.89. The molecule has 1 atom stereocenters. The summed E-state index contributed by atoms with van der Waals surface area (Å²) < 4.78 is 5.29. The number of amides is 2. The van der Waals surface area contributed by atoms with Crippen molar-refractivity contribution in [2.24, 2.45) is 0 Å². The first-order valence-corrected chi connectivity index (χ1v) is 10.8. The van der Waals surface area contributed by atoms with Crippen molar-refractivity contribution in [3.63, 3.8) is 0 Å². The molecule has 4 heteroatoms. The van der Waals surface area contributed by atoms with E-state index in [1.807, 2.05) is 78.9 Å². The number of ether oxygens (including phenoxy) is 1. The second-order valence-electron chi connectivity index (χ2n) is 7.68. The van der Waals surface area contributed by atoms with Crippen LogP contribution in [0.3, 0.4) is 0 Å². The maximum atomic E-state index is 13.7. The van der Waals surface area contributed by atoms with Crippen LogP contribution in [0.2, 0.25) is 0 Å². The summed E-state index contributed by atoms with van der Waals surface area (Å²) in [6.07, 6.45) is 0.143. The Bertz CT molecular complexity index is 1190. The number of methoxy groups -OCH3 is 1. The molecule has 4 rings (SSSR count).